The third-order valence-electron chi connectivity index (χ3n) is 2.44. The van der Waals surface area contributed by atoms with Crippen LogP contribution < -0.4 is 5.32 Å². The minimum Gasteiger partial charge on any atom is -0.314 e. The molecular weight excluding hydrogens is 194 g/mol. The second-order valence-corrected chi connectivity index (χ2v) is 5.23. The van der Waals surface area contributed by atoms with Crippen molar-refractivity contribution in [1.29, 1.82) is 0 Å². The van der Waals surface area contributed by atoms with Crippen LogP contribution in [0.1, 0.15) is 0 Å². The molecular formula is C10H23N3S. The van der Waals surface area contributed by atoms with E-state index in [9.17, 15) is 0 Å². The summed E-state index contributed by atoms with van der Waals surface area (Å²) in [5.41, 5.74) is 0. The number of hydrogen-bond donors (Lipinski definition) is 1. The van der Waals surface area contributed by atoms with E-state index < -0.39 is 0 Å². The second-order valence-electron chi connectivity index (χ2n) is 4.01. The lowest BCUT2D eigenvalue weighted by molar-refractivity contribution is 0.255. The first kappa shape index (κ1) is 12.3. The van der Waals surface area contributed by atoms with E-state index in [4.69, 9.17) is 0 Å². The Bertz CT molecular complexity index is 135. The summed E-state index contributed by atoms with van der Waals surface area (Å²) in [6.07, 6.45) is 0. The molecule has 0 aliphatic carbocycles. The maximum atomic E-state index is 3.38. The Kier molecular flexibility index (Phi) is 6.60. The van der Waals surface area contributed by atoms with Crippen molar-refractivity contribution in [3.05, 3.63) is 0 Å². The van der Waals surface area contributed by atoms with Crippen molar-refractivity contribution >= 4 is 11.8 Å². The predicted molar refractivity (Wildman–Crippen MR) is 65.2 cm³/mol. The summed E-state index contributed by atoms with van der Waals surface area (Å²) in [6.45, 7) is 7.26. The minimum absolute atomic E-state index is 1.17. The molecule has 0 saturated carbocycles. The zero-order chi connectivity index (χ0) is 10.2. The highest BCUT2D eigenvalue weighted by atomic mass is 32.2. The van der Waals surface area contributed by atoms with Gasteiger partial charge in [-0.15, -0.1) is 0 Å². The van der Waals surface area contributed by atoms with Gasteiger partial charge >= 0.3 is 0 Å². The van der Waals surface area contributed by atoms with Gasteiger partial charge in [0, 0.05) is 50.8 Å². The largest absolute Gasteiger partial charge is 0.314 e. The van der Waals surface area contributed by atoms with Crippen molar-refractivity contribution in [3.8, 4) is 0 Å². The van der Waals surface area contributed by atoms with Gasteiger partial charge in [-0.1, -0.05) is 0 Å². The van der Waals surface area contributed by atoms with Crippen LogP contribution in [0.25, 0.3) is 0 Å². The second kappa shape index (κ2) is 7.51. The van der Waals surface area contributed by atoms with Crippen LogP contribution >= 0.6 is 11.8 Å². The molecule has 1 saturated heterocycles. The van der Waals surface area contributed by atoms with E-state index in [1.54, 1.807) is 0 Å². The Hall–Kier alpha value is 0.230. The van der Waals surface area contributed by atoms with Gasteiger partial charge in [-0.2, -0.15) is 11.8 Å². The van der Waals surface area contributed by atoms with Crippen molar-refractivity contribution in [2.45, 2.75) is 0 Å². The number of nitrogens with one attached hydrogen (secondary N) is 1. The number of rotatable bonds is 6. The first-order chi connectivity index (χ1) is 6.79. The third kappa shape index (κ3) is 5.86. The van der Waals surface area contributed by atoms with Crippen molar-refractivity contribution in [2.75, 3.05) is 64.9 Å². The fourth-order valence-electron chi connectivity index (χ4n) is 1.48. The van der Waals surface area contributed by atoms with Gasteiger partial charge in [-0.05, 0) is 14.1 Å². The van der Waals surface area contributed by atoms with Crippen LogP contribution in [0.2, 0.25) is 0 Å². The fraction of sp³-hybridized carbons (Fsp3) is 1.00. The van der Waals surface area contributed by atoms with Crippen LogP contribution in [0.3, 0.4) is 0 Å². The van der Waals surface area contributed by atoms with E-state index in [1.165, 1.54) is 50.8 Å². The molecule has 0 bridgehead atoms. The standard InChI is InChI=1S/C10H23N3S/c1-12(2)7-9-14-10-8-13-5-3-11-4-6-13/h11H,3-10H2,1-2H3. The zero-order valence-electron chi connectivity index (χ0n) is 9.46. The highest BCUT2D eigenvalue weighted by Gasteiger charge is 2.07. The van der Waals surface area contributed by atoms with E-state index in [-0.39, 0.29) is 0 Å². The minimum atomic E-state index is 1.17. The number of piperazine rings is 1. The maximum absolute atomic E-state index is 3.38. The van der Waals surface area contributed by atoms with E-state index in [0.717, 1.165) is 0 Å². The summed E-state index contributed by atoms with van der Waals surface area (Å²) >= 11 is 2.07. The summed E-state index contributed by atoms with van der Waals surface area (Å²) in [6, 6.07) is 0. The van der Waals surface area contributed by atoms with Crippen LogP contribution in [0, 0.1) is 0 Å². The van der Waals surface area contributed by atoms with Crippen molar-refractivity contribution in [3.63, 3.8) is 0 Å². The van der Waals surface area contributed by atoms with Gasteiger partial charge in [0.2, 0.25) is 0 Å². The molecule has 0 aromatic rings. The third-order valence-corrected chi connectivity index (χ3v) is 3.39. The van der Waals surface area contributed by atoms with Gasteiger partial charge in [-0.25, -0.2) is 0 Å². The van der Waals surface area contributed by atoms with E-state index in [0.29, 0.717) is 0 Å². The summed E-state index contributed by atoms with van der Waals surface area (Å²) < 4.78 is 0. The lowest BCUT2D eigenvalue weighted by atomic mass is 10.4. The molecule has 84 valence electrons. The summed E-state index contributed by atoms with van der Waals surface area (Å²) in [7, 11) is 4.27. The lowest BCUT2D eigenvalue weighted by Gasteiger charge is -2.26. The topological polar surface area (TPSA) is 18.5 Å². The summed E-state index contributed by atoms with van der Waals surface area (Å²) in [4.78, 5) is 4.80. The molecule has 1 fully saturated rings. The van der Waals surface area contributed by atoms with Gasteiger partial charge in [0.25, 0.3) is 0 Å². The monoisotopic (exact) mass is 217 g/mol. The van der Waals surface area contributed by atoms with E-state index >= 15 is 0 Å². The normalized spacial score (nSPS) is 19.1. The molecule has 0 aromatic heterocycles. The van der Waals surface area contributed by atoms with Crippen LogP contribution in [0.15, 0.2) is 0 Å². The molecule has 0 amide bonds. The van der Waals surface area contributed by atoms with Crippen molar-refractivity contribution < 1.29 is 0 Å². The van der Waals surface area contributed by atoms with Crippen LogP contribution in [0.5, 0.6) is 0 Å². The van der Waals surface area contributed by atoms with Crippen molar-refractivity contribution in [2.24, 2.45) is 0 Å². The molecule has 1 aliphatic rings. The first-order valence-electron chi connectivity index (χ1n) is 5.44. The molecule has 14 heavy (non-hydrogen) atoms. The van der Waals surface area contributed by atoms with Crippen LogP contribution in [0.4, 0.5) is 0 Å². The smallest absolute Gasteiger partial charge is 0.0108 e. The molecule has 0 unspecified atom stereocenters. The highest BCUT2D eigenvalue weighted by molar-refractivity contribution is 7.99. The summed E-state index contributed by atoms with van der Waals surface area (Å²) in [5, 5.41) is 3.38. The predicted octanol–water partition coefficient (Wildman–Crippen LogP) is 0.186. The number of hydrogen-bond acceptors (Lipinski definition) is 4. The molecule has 0 radical (unpaired) electrons. The molecule has 1 heterocycles. The maximum Gasteiger partial charge on any atom is 0.0108 e. The Balaban J connectivity index is 1.87. The number of thioether (sulfide) groups is 1. The van der Waals surface area contributed by atoms with Crippen LogP contribution in [-0.2, 0) is 0 Å². The highest BCUT2D eigenvalue weighted by Crippen LogP contribution is 2.02. The van der Waals surface area contributed by atoms with Gasteiger partial charge in [0.05, 0.1) is 0 Å². The molecule has 1 rings (SSSR count). The SMILES string of the molecule is CN(C)CCSCCN1CCNCC1. The van der Waals surface area contributed by atoms with Gasteiger partial charge in [-0.3, -0.25) is 4.90 Å². The molecule has 1 N–H and O–H groups in total. The Morgan fingerprint density at radius 2 is 1.93 bits per heavy atom. The molecule has 1 aliphatic heterocycles. The Morgan fingerprint density at radius 1 is 1.21 bits per heavy atom. The van der Waals surface area contributed by atoms with Gasteiger partial charge < -0.3 is 10.2 Å². The zero-order valence-corrected chi connectivity index (χ0v) is 10.3. The average molecular weight is 217 g/mol. The van der Waals surface area contributed by atoms with Gasteiger partial charge in [0.1, 0.15) is 0 Å². The van der Waals surface area contributed by atoms with Crippen molar-refractivity contribution in [1.82, 2.24) is 15.1 Å². The molecule has 0 spiro atoms. The molecule has 3 nitrogen and oxygen atoms in total. The first-order valence-corrected chi connectivity index (χ1v) is 6.60. The Labute approximate surface area is 92.2 Å². The van der Waals surface area contributed by atoms with E-state index in [2.05, 4.69) is 41.0 Å². The average Bonchev–Trinajstić information content (AvgIpc) is 2.18. The quantitative estimate of drug-likeness (QED) is 0.640. The summed E-state index contributed by atoms with van der Waals surface area (Å²) in [5.74, 6) is 2.55. The van der Waals surface area contributed by atoms with E-state index in [1.807, 2.05) is 0 Å². The Morgan fingerprint density at radius 3 is 2.57 bits per heavy atom. The lowest BCUT2D eigenvalue weighted by Crippen LogP contribution is -2.44. The fourth-order valence-corrected chi connectivity index (χ4v) is 2.56. The van der Waals surface area contributed by atoms with Crippen LogP contribution in [-0.4, -0.2) is 74.7 Å². The number of nitrogens with zero attached hydrogens (tertiary/aromatic N) is 2. The molecule has 4 heteroatoms. The molecule has 0 aromatic carbocycles. The molecule has 0 atom stereocenters. The van der Waals surface area contributed by atoms with Gasteiger partial charge in [0.15, 0.2) is 0 Å².